The van der Waals surface area contributed by atoms with Gasteiger partial charge in [0.25, 0.3) is 0 Å². The van der Waals surface area contributed by atoms with Crippen molar-refractivity contribution in [2.24, 2.45) is 0 Å². The highest BCUT2D eigenvalue weighted by molar-refractivity contribution is 8.35. The van der Waals surface area contributed by atoms with Gasteiger partial charge in [0.15, 0.2) is 0 Å². The molecule has 0 unspecified atom stereocenters. The van der Waals surface area contributed by atoms with E-state index in [4.69, 9.17) is 24.4 Å². The molecule has 0 atom stereocenters. The maximum atomic E-state index is 4.85. The van der Waals surface area contributed by atoms with Gasteiger partial charge in [0.1, 0.15) is 0 Å². The van der Waals surface area contributed by atoms with E-state index in [9.17, 15) is 0 Å². The predicted molar refractivity (Wildman–Crippen MR) is 56.6 cm³/mol. The molecule has 0 aliphatic heterocycles. The van der Waals surface area contributed by atoms with Crippen molar-refractivity contribution < 1.29 is 0 Å². The fraction of sp³-hybridized carbons (Fsp3) is 0.600. The highest BCUT2D eigenvalue weighted by Gasteiger charge is 1.90. The van der Waals surface area contributed by atoms with E-state index in [1.807, 2.05) is 13.8 Å². The van der Waals surface area contributed by atoms with E-state index >= 15 is 0 Å². The van der Waals surface area contributed by atoms with Crippen LogP contribution in [0, 0.1) is 0 Å². The van der Waals surface area contributed by atoms with E-state index in [-0.39, 0.29) is 0 Å². The molecule has 4 heteroatoms. The van der Waals surface area contributed by atoms with E-state index in [1.54, 1.807) is 23.5 Å². The van der Waals surface area contributed by atoms with Crippen LogP contribution in [0.4, 0.5) is 0 Å². The second-order valence-electron chi connectivity index (χ2n) is 1.39. The zero-order chi connectivity index (χ0) is 7.28. The van der Waals surface area contributed by atoms with Crippen molar-refractivity contribution in [1.29, 1.82) is 0 Å². The molecular formula is C5H8S4. The molecule has 0 rings (SSSR count). The normalized spacial score (nSPS) is 9.11. The van der Waals surface area contributed by atoms with Crippen LogP contribution in [-0.2, 0) is 0 Å². The van der Waals surface area contributed by atoms with E-state index in [0.29, 0.717) is 0 Å². The predicted octanol–water partition coefficient (Wildman–Crippen LogP) is 3.10. The van der Waals surface area contributed by atoms with Gasteiger partial charge in [0, 0.05) is 13.5 Å². The highest BCUT2D eigenvalue weighted by Crippen LogP contribution is 2.14. The number of hydrogen-bond acceptors (Lipinski definition) is 4. The molecule has 0 amide bonds. The Morgan fingerprint density at radius 1 is 1.11 bits per heavy atom. The van der Waals surface area contributed by atoms with Crippen LogP contribution < -0.4 is 0 Å². The first-order chi connectivity index (χ1) is 4.13. The standard InChI is InChI=1S/C5H8S4/c1-4(6)8-3-9-5(2)7/h3H2,1-2H3. The lowest BCUT2D eigenvalue weighted by Gasteiger charge is -1.94. The van der Waals surface area contributed by atoms with Crippen molar-refractivity contribution in [3.63, 3.8) is 0 Å². The summed E-state index contributed by atoms with van der Waals surface area (Å²) in [5.41, 5.74) is 0. The molecular weight excluding hydrogens is 188 g/mol. The van der Waals surface area contributed by atoms with Crippen LogP contribution in [-0.4, -0.2) is 13.5 Å². The summed E-state index contributed by atoms with van der Waals surface area (Å²) in [6, 6.07) is 0. The van der Waals surface area contributed by atoms with Crippen molar-refractivity contribution in [3.8, 4) is 0 Å². The van der Waals surface area contributed by atoms with Crippen molar-refractivity contribution in [3.05, 3.63) is 0 Å². The minimum atomic E-state index is 0.963. The Bertz CT molecular complexity index is 104. The Balaban J connectivity index is 3.10. The first kappa shape index (κ1) is 9.88. The van der Waals surface area contributed by atoms with Crippen LogP contribution in [0.5, 0.6) is 0 Å². The zero-order valence-corrected chi connectivity index (χ0v) is 8.61. The molecule has 0 saturated carbocycles. The summed E-state index contributed by atoms with van der Waals surface area (Å²) < 4.78 is 1.97. The van der Waals surface area contributed by atoms with Gasteiger partial charge < -0.3 is 0 Å². The monoisotopic (exact) mass is 196 g/mol. The maximum Gasteiger partial charge on any atom is 0.0496 e. The Hall–Kier alpha value is 0.880. The Morgan fingerprint density at radius 2 is 1.44 bits per heavy atom. The van der Waals surface area contributed by atoms with Gasteiger partial charge in [0.2, 0.25) is 0 Å². The molecule has 0 aliphatic rings. The summed E-state index contributed by atoms with van der Waals surface area (Å²) in [6.07, 6.45) is 0. The van der Waals surface area contributed by atoms with Crippen molar-refractivity contribution in [2.45, 2.75) is 13.8 Å². The Kier molecular flexibility index (Phi) is 6.20. The molecule has 0 radical (unpaired) electrons. The molecule has 0 fully saturated rings. The Labute approximate surface area is 75.2 Å². The summed E-state index contributed by atoms with van der Waals surface area (Å²) in [7, 11) is 0. The fourth-order valence-electron chi connectivity index (χ4n) is 0.195. The van der Waals surface area contributed by atoms with Crippen LogP contribution in [0.2, 0.25) is 0 Å². The maximum absolute atomic E-state index is 4.85. The van der Waals surface area contributed by atoms with Crippen LogP contribution in [0.1, 0.15) is 13.8 Å². The third kappa shape index (κ3) is 8.88. The van der Waals surface area contributed by atoms with Crippen LogP contribution >= 0.6 is 48.0 Å². The van der Waals surface area contributed by atoms with Crippen molar-refractivity contribution >= 4 is 56.4 Å². The molecule has 0 nitrogen and oxygen atoms in total. The van der Waals surface area contributed by atoms with Gasteiger partial charge in [0.05, 0.1) is 0 Å². The summed E-state index contributed by atoms with van der Waals surface area (Å²) in [5, 5.41) is 0.963. The molecule has 0 N–H and O–H groups in total. The van der Waals surface area contributed by atoms with E-state index in [2.05, 4.69) is 0 Å². The average molecular weight is 196 g/mol. The van der Waals surface area contributed by atoms with Gasteiger partial charge in [-0.15, -0.1) is 23.5 Å². The largest absolute Gasteiger partial charge is 0.108 e. The average Bonchev–Trinajstić information content (AvgIpc) is 1.63. The molecule has 0 aliphatic carbocycles. The fourth-order valence-corrected chi connectivity index (χ4v) is 2.62. The number of thiocarbonyl (C=S) groups is 2. The molecule has 0 heterocycles. The molecule has 9 heavy (non-hydrogen) atoms. The molecule has 0 aromatic heterocycles. The number of rotatable bonds is 2. The molecule has 0 aromatic rings. The lowest BCUT2D eigenvalue weighted by Crippen LogP contribution is -1.81. The SMILES string of the molecule is CC(=S)SCSC(C)=S. The molecule has 0 saturated heterocycles. The smallest absolute Gasteiger partial charge is 0.0496 e. The lowest BCUT2D eigenvalue weighted by atomic mass is 11.0. The van der Waals surface area contributed by atoms with Gasteiger partial charge >= 0.3 is 0 Å². The summed E-state index contributed by atoms with van der Waals surface area (Å²) in [5.74, 6) is 0. The topological polar surface area (TPSA) is 0 Å². The summed E-state index contributed by atoms with van der Waals surface area (Å²) in [6.45, 7) is 3.86. The first-order valence-corrected chi connectivity index (χ1v) is 5.18. The second-order valence-corrected chi connectivity index (χ2v) is 5.88. The Morgan fingerprint density at radius 3 is 1.67 bits per heavy atom. The van der Waals surface area contributed by atoms with Crippen molar-refractivity contribution in [2.75, 3.05) is 5.08 Å². The number of thioether (sulfide) groups is 2. The van der Waals surface area contributed by atoms with Gasteiger partial charge in [-0.05, 0) is 13.8 Å². The van der Waals surface area contributed by atoms with Crippen LogP contribution in [0.25, 0.3) is 0 Å². The molecule has 0 spiro atoms. The van der Waals surface area contributed by atoms with Gasteiger partial charge in [-0.2, -0.15) is 0 Å². The van der Waals surface area contributed by atoms with Gasteiger partial charge in [-0.25, -0.2) is 0 Å². The molecule has 0 aromatic carbocycles. The van der Waals surface area contributed by atoms with Crippen molar-refractivity contribution in [1.82, 2.24) is 0 Å². The number of hydrogen-bond donors (Lipinski definition) is 0. The van der Waals surface area contributed by atoms with Gasteiger partial charge in [-0.3, -0.25) is 0 Å². The minimum absolute atomic E-state index is 0.963. The molecule has 52 valence electrons. The van der Waals surface area contributed by atoms with E-state index in [0.717, 1.165) is 13.5 Å². The minimum Gasteiger partial charge on any atom is -0.108 e. The van der Waals surface area contributed by atoms with Crippen LogP contribution in [0.3, 0.4) is 0 Å². The van der Waals surface area contributed by atoms with E-state index in [1.165, 1.54) is 0 Å². The van der Waals surface area contributed by atoms with Crippen LogP contribution in [0.15, 0.2) is 0 Å². The summed E-state index contributed by atoms with van der Waals surface area (Å²) in [4.78, 5) is 0. The highest BCUT2D eigenvalue weighted by atomic mass is 32.2. The lowest BCUT2D eigenvalue weighted by molar-refractivity contribution is 2.09. The quantitative estimate of drug-likeness (QED) is 0.491. The summed E-state index contributed by atoms with van der Waals surface area (Å²) >= 11 is 13.0. The zero-order valence-electron chi connectivity index (χ0n) is 5.34. The second kappa shape index (κ2) is 5.65. The van der Waals surface area contributed by atoms with E-state index < -0.39 is 0 Å². The molecule has 0 bridgehead atoms. The van der Waals surface area contributed by atoms with Gasteiger partial charge in [-0.1, -0.05) is 24.4 Å². The third-order valence-corrected chi connectivity index (χ3v) is 2.99. The first-order valence-electron chi connectivity index (χ1n) is 2.39. The third-order valence-electron chi connectivity index (χ3n) is 0.524.